The maximum absolute atomic E-state index is 12.4. The van der Waals surface area contributed by atoms with Gasteiger partial charge in [-0.15, -0.1) is 0 Å². The van der Waals surface area contributed by atoms with Crippen molar-refractivity contribution in [2.75, 3.05) is 20.0 Å². The van der Waals surface area contributed by atoms with Crippen molar-refractivity contribution in [1.29, 1.82) is 0 Å². The van der Waals surface area contributed by atoms with Crippen molar-refractivity contribution in [3.8, 4) is 11.5 Å². The van der Waals surface area contributed by atoms with Crippen LogP contribution in [0.5, 0.6) is 11.5 Å². The van der Waals surface area contributed by atoms with Gasteiger partial charge in [0, 0.05) is 5.02 Å². The Morgan fingerprint density at radius 2 is 1.85 bits per heavy atom. The van der Waals surface area contributed by atoms with Crippen LogP contribution in [0, 0.1) is 0 Å². The highest BCUT2D eigenvalue weighted by molar-refractivity contribution is 7.99. The van der Waals surface area contributed by atoms with Gasteiger partial charge in [-0.2, -0.15) is 5.10 Å². The van der Waals surface area contributed by atoms with Crippen molar-refractivity contribution >= 4 is 46.5 Å². The van der Waals surface area contributed by atoms with Crippen LogP contribution >= 0.6 is 23.4 Å². The third-order valence-electron chi connectivity index (χ3n) is 5.02. The molecule has 0 atom stereocenters. The van der Waals surface area contributed by atoms with Gasteiger partial charge in [0.1, 0.15) is 0 Å². The number of nitrogens with zero attached hydrogens (tertiary/aromatic N) is 3. The minimum absolute atomic E-state index is 0.174. The van der Waals surface area contributed by atoms with Gasteiger partial charge < -0.3 is 14.0 Å². The van der Waals surface area contributed by atoms with Gasteiger partial charge in [-0.1, -0.05) is 47.6 Å². The fourth-order valence-electron chi connectivity index (χ4n) is 3.36. The lowest BCUT2D eigenvalue weighted by Gasteiger charge is -2.09. The molecule has 0 saturated carbocycles. The highest BCUT2D eigenvalue weighted by atomic mass is 35.5. The number of hydrogen-bond acceptors (Lipinski definition) is 6. The predicted molar refractivity (Wildman–Crippen MR) is 136 cm³/mol. The number of carbonyl (C=O) groups is 1. The van der Waals surface area contributed by atoms with E-state index in [0.717, 1.165) is 27.3 Å². The Balaban J connectivity index is 1.42. The molecule has 0 aliphatic rings. The number of nitrogens with one attached hydrogen (secondary N) is 1. The van der Waals surface area contributed by atoms with Gasteiger partial charge in [-0.05, 0) is 53.6 Å². The second-order valence-electron chi connectivity index (χ2n) is 7.29. The molecular weight excluding hydrogens is 472 g/mol. The Kier molecular flexibility index (Phi) is 7.72. The van der Waals surface area contributed by atoms with Crippen molar-refractivity contribution in [3.63, 3.8) is 0 Å². The largest absolute Gasteiger partial charge is 0.493 e. The van der Waals surface area contributed by atoms with E-state index in [1.54, 1.807) is 32.6 Å². The first-order valence-corrected chi connectivity index (χ1v) is 11.8. The molecule has 0 radical (unpaired) electrons. The Bertz CT molecular complexity index is 1320. The Morgan fingerprint density at radius 3 is 2.62 bits per heavy atom. The van der Waals surface area contributed by atoms with E-state index in [9.17, 15) is 4.79 Å². The predicted octanol–water partition coefficient (Wildman–Crippen LogP) is 5.00. The van der Waals surface area contributed by atoms with Gasteiger partial charge >= 0.3 is 0 Å². The molecular formula is C25H23ClN4O3S. The topological polar surface area (TPSA) is 77.7 Å². The normalized spacial score (nSPS) is 11.1. The van der Waals surface area contributed by atoms with E-state index in [0.29, 0.717) is 23.1 Å². The maximum Gasteiger partial charge on any atom is 0.250 e. The number of ether oxygens (including phenoxy) is 2. The van der Waals surface area contributed by atoms with Crippen molar-refractivity contribution in [1.82, 2.24) is 15.0 Å². The van der Waals surface area contributed by atoms with E-state index in [1.165, 1.54) is 11.8 Å². The van der Waals surface area contributed by atoms with Crippen LogP contribution in [-0.4, -0.2) is 41.6 Å². The average Bonchev–Trinajstić information content (AvgIpc) is 3.21. The summed E-state index contributed by atoms with van der Waals surface area (Å²) in [6.45, 7) is 0.624. The first-order valence-electron chi connectivity index (χ1n) is 10.4. The fraction of sp³-hybridized carbons (Fsp3) is 0.160. The molecule has 7 nitrogen and oxygen atoms in total. The smallest absolute Gasteiger partial charge is 0.250 e. The van der Waals surface area contributed by atoms with Gasteiger partial charge in [0.05, 0.1) is 43.8 Å². The number of fused-ring (bicyclic) bond motifs is 1. The number of methoxy groups -OCH3 is 2. The zero-order valence-electron chi connectivity index (χ0n) is 18.7. The molecule has 0 saturated heterocycles. The Labute approximate surface area is 206 Å². The fourth-order valence-corrected chi connectivity index (χ4v) is 4.30. The van der Waals surface area contributed by atoms with E-state index >= 15 is 0 Å². The summed E-state index contributed by atoms with van der Waals surface area (Å²) in [5, 5.41) is 5.51. The summed E-state index contributed by atoms with van der Waals surface area (Å²) in [4.78, 5) is 17.1. The van der Waals surface area contributed by atoms with E-state index < -0.39 is 0 Å². The number of amides is 1. The molecule has 4 rings (SSSR count). The number of thioether (sulfide) groups is 1. The molecule has 0 unspecified atom stereocenters. The van der Waals surface area contributed by atoms with Crippen LogP contribution in [-0.2, 0) is 11.3 Å². The molecule has 4 aromatic rings. The maximum atomic E-state index is 12.4. The van der Waals surface area contributed by atoms with Gasteiger partial charge in [-0.25, -0.2) is 10.4 Å². The lowest BCUT2D eigenvalue weighted by atomic mass is 10.2. The number of hydrazone groups is 1. The number of rotatable bonds is 9. The summed E-state index contributed by atoms with van der Waals surface area (Å²) in [5.41, 5.74) is 6.32. The summed E-state index contributed by atoms with van der Waals surface area (Å²) < 4.78 is 12.6. The number of benzene rings is 3. The SMILES string of the molecule is COc1ccc(C=NNC(=O)CSc2nc3ccccc3n2Cc2ccc(Cl)cc2)cc1OC. The van der Waals surface area contributed by atoms with E-state index in [4.69, 9.17) is 26.1 Å². The van der Waals surface area contributed by atoms with Crippen LogP contribution in [0.4, 0.5) is 0 Å². The number of carbonyl (C=O) groups excluding carboxylic acids is 1. The van der Waals surface area contributed by atoms with Gasteiger partial charge in [-0.3, -0.25) is 4.79 Å². The molecule has 0 fully saturated rings. The lowest BCUT2D eigenvalue weighted by Crippen LogP contribution is -2.20. The Hall–Kier alpha value is -3.49. The van der Waals surface area contributed by atoms with Crippen LogP contribution in [0.1, 0.15) is 11.1 Å². The third kappa shape index (κ3) is 5.70. The second-order valence-corrected chi connectivity index (χ2v) is 8.67. The van der Waals surface area contributed by atoms with Crippen LogP contribution in [0.3, 0.4) is 0 Å². The third-order valence-corrected chi connectivity index (χ3v) is 6.24. The first-order chi connectivity index (χ1) is 16.6. The summed E-state index contributed by atoms with van der Waals surface area (Å²) in [5.74, 6) is 1.16. The average molecular weight is 495 g/mol. The van der Waals surface area contributed by atoms with Crippen molar-refractivity contribution < 1.29 is 14.3 Å². The standard InChI is InChI=1S/C25H23ClN4O3S/c1-32-22-12-9-18(13-23(22)33-2)14-27-29-24(31)16-34-25-28-20-5-3-4-6-21(20)30(25)15-17-7-10-19(26)11-8-17/h3-14H,15-16H2,1-2H3,(H,29,31). The molecule has 0 aliphatic heterocycles. The summed E-state index contributed by atoms with van der Waals surface area (Å²) in [6, 6.07) is 21.0. The number of halogens is 1. The van der Waals surface area contributed by atoms with Crippen LogP contribution in [0.2, 0.25) is 5.02 Å². The first kappa shape index (κ1) is 23.7. The van der Waals surface area contributed by atoms with Crippen molar-refractivity contribution in [2.45, 2.75) is 11.7 Å². The molecule has 174 valence electrons. The highest BCUT2D eigenvalue weighted by Crippen LogP contribution is 2.27. The van der Waals surface area contributed by atoms with Crippen molar-refractivity contribution in [2.24, 2.45) is 5.10 Å². The zero-order valence-corrected chi connectivity index (χ0v) is 20.3. The van der Waals surface area contributed by atoms with E-state index in [1.807, 2.05) is 54.6 Å². The van der Waals surface area contributed by atoms with E-state index in [-0.39, 0.29) is 11.7 Å². The number of aromatic nitrogens is 2. The monoisotopic (exact) mass is 494 g/mol. The second kappa shape index (κ2) is 11.1. The highest BCUT2D eigenvalue weighted by Gasteiger charge is 2.13. The number of hydrogen-bond donors (Lipinski definition) is 1. The summed E-state index contributed by atoms with van der Waals surface area (Å²) >= 11 is 7.39. The van der Waals surface area contributed by atoms with Gasteiger partial charge in [0.25, 0.3) is 5.91 Å². The van der Waals surface area contributed by atoms with E-state index in [2.05, 4.69) is 15.1 Å². The summed E-state index contributed by atoms with van der Waals surface area (Å²) in [6.07, 6.45) is 1.56. The zero-order chi connectivity index (χ0) is 23.9. The molecule has 1 heterocycles. The number of para-hydroxylation sites is 2. The van der Waals surface area contributed by atoms with Crippen LogP contribution in [0.15, 0.2) is 77.0 Å². The molecule has 9 heteroatoms. The minimum Gasteiger partial charge on any atom is -0.493 e. The van der Waals surface area contributed by atoms with Gasteiger partial charge in [0.2, 0.25) is 0 Å². The van der Waals surface area contributed by atoms with Crippen molar-refractivity contribution in [3.05, 3.63) is 82.9 Å². The molecule has 3 aromatic carbocycles. The molecule has 34 heavy (non-hydrogen) atoms. The molecule has 1 aromatic heterocycles. The molecule has 1 amide bonds. The quantitative estimate of drug-likeness (QED) is 0.201. The lowest BCUT2D eigenvalue weighted by molar-refractivity contribution is -0.118. The molecule has 1 N–H and O–H groups in total. The minimum atomic E-state index is -0.230. The number of imidazole rings is 1. The molecule has 0 spiro atoms. The Morgan fingerprint density at radius 1 is 1.09 bits per heavy atom. The summed E-state index contributed by atoms with van der Waals surface area (Å²) in [7, 11) is 3.14. The molecule has 0 aliphatic carbocycles. The molecule has 0 bridgehead atoms. The van der Waals surface area contributed by atoms with Crippen LogP contribution in [0.25, 0.3) is 11.0 Å². The van der Waals surface area contributed by atoms with Crippen LogP contribution < -0.4 is 14.9 Å². The van der Waals surface area contributed by atoms with Gasteiger partial charge in [0.15, 0.2) is 16.7 Å².